The number of hydrogen-bond donors (Lipinski definition) is 3. The predicted octanol–water partition coefficient (Wildman–Crippen LogP) is 1.39. The van der Waals surface area contributed by atoms with Crippen molar-refractivity contribution < 1.29 is 0 Å². The van der Waals surface area contributed by atoms with Gasteiger partial charge >= 0.3 is 0 Å². The molecule has 0 radical (unpaired) electrons. The van der Waals surface area contributed by atoms with E-state index in [-0.39, 0.29) is 5.41 Å². The molecule has 3 N–H and O–H groups in total. The van der Waals surface area contributed by atoms with E-state index in [1.54, 1.807) is 13.2 Å². The fourth-order valence-corrected chi connectivity index (χ4v) is 2.32. The van der Waals surface area contributed by atoms with Crippen LogP contribution in [-0.4, -0.2) is 59.3 Å². The van der Waals surface area contributed by atoms with Crippen LogP contribution in [0.3, 0.4) is 0 Å². The second-order valence-corrected chi connectivity index (χ2v) is 6.03. The van der Waals surface area contributed by atoms with Gasteiger partial charge < -0.3 is 15.5 Å². The van der Waals surface area contributed by atoms with Crippen LogP contribution in [0.4, 0.5) is 11.8 Å². The Hall–Kier alpha value is -1.89. The van der Waals surface area contributed by atoms with E-state index in [9.17, 15) is 0 Å². The highest BCUT2D eigenvalue weighted by atomic mass is 15.2. The molecule has 0 spiro atoms. The van der Waals surface area contributed by atoms with Crippen molar-refractivity contribution in [2.24, 2.45) is 5.41 Å². The monoisotopic (exact) mass is 277 g/mol. The minimum Gasteiger partial charge on any atom is -0.369 e. The third-order valence-electron chi connectivity index (χ3n) is 3.01. The molecule has 2 aromatic heterocycles. The minimum atomic E-state index is 0.143. The number of nitrogens with one attached hydrogen (secondary N) is 3. The van der Waals surface area contributed by atoms with Gasteiger partial charge in [-0.3, -0.25) is 5.10 Å². The normalized spacial score (nSPS) is 12.1. The molecular weight excluding hydrogens is 254 g/mol. The van der Waals surface area contributed by atoms with Crippen LogP contribution < -0.4 is 10.6 Å². The van der Waals surface area contributed by atoms with E-state index < -0.39 is 0 Å². The molecule has 2 heterocycles. The smallest absolute Gasteiger partial charge is 0.226 e. The Morgan fingerprint density at radius 2 is 2.05 bits per heavy atom. The van der Waals surface area contributed by atoms with Gasteiger partial charge in [0.25, 0.3) is 0 Å². The van der Waals surface area contributed by atoms with Crippen molar-refractivity contribution in [3.8, 4) is 0 Å². The second kappa shape index (κ2) is 5.62. The summed E-state index contributed by atoms with van der Waals surface area (Å²) in [6, 6.07) is 0. The summed E-state index contributed by atoms with van der Waals surface area (Å²) in [7, 11) is 5.97. The fraction of sp³-hybridized carbons (Fsp3) is 0.615. The molecule has 0 fully saturated rings. The van der Waals surface area contributed by atoms with E-state index >= 15 is 0 Å². The Morgan fingerprint density at radius 1 is 1.30 bits per heavy atom. The van der Waals surface area contributed by atoms with Gasteiger partial charge in [0.2, 0.25) is 5.95 Å². The summed E-state index contributed by atoms with van der Waals surface area (Å²) in [5, 5.41) is 14.2. The number of anilines is 2. The van der Waals surface area contributed by atoms with E-state index in [1.165, 1.54) is 0 Å². The van der Waals surface area contributed by atoms with Crippen LogP contribution in [-0.2, 0) is 0 Å². The average molecular weight is 277 g/mol. The molecule has 7 nitrogen and oxygen atoms in total. The lowest BCUT2D eigenvalue weighted by Gasteiger charge is -2.28. The number of hydrogen-bond acceptors (Lipinski definition) is 6. The number of rotatable bonds is 6. The van der Waals surface area contributed by atoms with E-state index in [2.05, 4.69) is 63.6 Å². The third-order valence-corrected chi connectivity index (χ3v) is 3.01. The summed E-state index contributed by atoms with van der Waals surface area (Å²) in [4.78, 5) is 11.0. The molecule has 7 heteroatoms. The first kappa shape index (κ1) is 14.5. The van der Waals surface area contributed by atoms with E-state index in [0.29, 0.717) is 5.95 Å². The SMILES string of the molecule is CNc1nc(NCC(C)(C)CN(C)C)c2cn[nH]c2n1. The van der Waals surface area contributed by atoms with Gasteiger partial charge in [0.1, 0.15) is 5.82 Å². The summed E-state index contributed by atoms with van der Waals surface area (Å²) in [6.45, 7) is 6.28. The quantitative estimate of drug-likeness (QED) is 0.740. The van der Waals surface area contributed by atoms with Crippen molar-refractivity contribution in [1.82, 2.24) is 25.1 Å². The number of nitrogens with zero attached hydrogens (tertiary/aromatic N) is 4. The topological polar surface area (TPSA) is 81.8 Å². The number of fused-ring (bicyclic) bond motifs is 1. The zero-order valence-electron chi connectivity index (χ0n) is 12.8. The second-order valence-electron chi connectivity index (χ2n) is 6.03. The Labute approximate surface area is 119 Å². The highest BCUT2D eigenvalue weighted by Crippen LogP contribution is 2.22. The maximum atomic E-state index is 4.47. The van der Waals surface area contributed by atoms with Gasteiger partial charge in [-0.05, 0) is 19.5 Å². The van der Waals surface area contributed by atoms with E-state index in [0.717, 1.165) is 29.9 Å². The lowest BCUT2D eigenvalue weighted by molar-refractivity contribution is 0.254. The van der Waals surface area contributed by atoms with Crippen LogP contribution in [0.5, 0.6) is 0 Å². The maximum Gasteiger partial charge on any atom is 0.226 e. The largest absolute Gasteiger partial charge is 0.369 e. The number of aromatic nitrogens is 4. The summed E-state index contributed by atoms with van der Waals surface area (Å²) in [5.74, 6) is 1.38. The molecule has 2 aromatic rings. The number of aromatic amines is 1. The first-order chi connectivity index (χ1) is 9.41. The van der Waals surface area contributed by atoms with Crippen molar-refractivity contribution in [2.75, 3.05) is 44.9 Å². The van der Waals surface area contributed by atoms with Gasteiger partial charge in [-0.1, -0.05) is 13.8 Å². The zero-order valence-corrected chi connectivity index (χ0v) is 12.8. The molecule has 0 unspecified atom stereocenters. The zero-order chi connectivity index (χ0) is 14.8. The lowest BCUT2D eigenvalue weighted by atomic mass is 9.93. The molecule has 0 aliphatic heterocycles. The summed E-state index contributed by atoms with van der Waals surface area (Å²) in [6.07, 6.45) is 1.75. The van der Waals surface area contributed by atoms with Crippen molar-refractivity contribution >= 4 is 22.8 Å². The van der Waals surface area contributed by atoms with Gasteiger partial charge in [0.05, 0.1) is 11.6 Å². The van der Waals surface area contributed by atoms with Gasteiger partial charge in [0, 0.05) is 20.1 Å². The highest BCUT2D eigenvalue weighted by Gasteiger charge is 2.20. The molecule has 0 amide bonds. The summed E-state index contributed by atoms with van der Waals surface area (Å²) < 4.78 is 0. The number of H-pyrrole nitrogens is 1. The molecule has 0 aliphatic rings. The molecular formula is C13H23N7. The maximum absolute atomic E-state index is 4.47. The van der Waals surface area contributed by atoms with Crippen LogP contribution in [0.15, 0.2) is 6.20 Å². The first-order valence-electron chi connectivity index (χ1n) is 6.69. The molecule has 0 aromatic carbocycles. The summed E-state index contributed by atoms with van der Waals surface area (Å²) in [5.41, 5.74) is 0.877. The molecule has 20 heavy (non-hydrogen) atoms. The molecule has 0 aliphatic carbocycles. The molecule has 2 rings (SSSR count). The molecule has 0 saturated carbocycles. The molecule has 110 valence electrons. The van der Waals surface area contributed by atoms with E-state index in [4.69, 9.17) is 0 Å². The Kier molecular flexibility index (Phi) is 4.08. The summed E-state index contributed by atoms with van der Waals surface area (Å²) >= 11 is 0. The first-order valence-corrected chi connectivity index (χ1v) is 6.69. The third kappa shape index (κ3) is 3.36. The Morgan fingerprint density at radius 3 is 2.70 bits per heavy atom. The van der Waals surface area contributed by atoms with Crippen LogP contribution in [0, 0.1) is 5.41 Å². The highest BCUT2D eigenvalue weighted by molar-refractivity contribution is 5.86. The minimum absolute atomic E-state index is 0.143. The lowest BCUT2D eigenvalue weighted by Crippen LogP contribution is -2.34. The van der Waals surface area contributed by atoms with Crippen LogP contribution in [0.2, 0.25) is 0 Å². The van der Waals surface area contributed by atoms with Crippen molar-refractivity contribution in [3.05, 3.63) is 6.20 Å². The fourth-order valence-electron chi connectivity index (χ4n) is 2.32. The standard InChI is InChI=1S/C13H23N7/c1-13(2,8-20(4)5)7-15-10-9-6-16-19-11(9)18-12(14-3)17-10/h6H,7-8H2,1-5H3,(H3,14,15,16,17,18,19). The van der Waals surface area contributed by atoms with Gasteiger partial charge in [0.15, 0.2) is 5.65 Å². The Balaban J connectivity index is 2.18. The molecule has 0 atom stereocenters. The van der Waals surface area contributed by atoms with Crippen LogP contribution in [0.25, 0.3) is 11.0 Å². The van der Waals surface area contributed by atoms with Crippen LogP contribution >= 0.6 is 0 Å². The predicted molar refractivity (Wildman–Crippen MR) is 82.1 cm³/mol. The van der Waals surface area contributed by atoms with Crippen molar-refractivity contribution in [3.63, 3.8) is 0 Å². The van der Waals surface area contributed by atoms with Crippen LogP contribution in [0.1, 0.15) is 13.8 Å². The Bertz CT molecular complexity index is 573. The van der Waals surface area contributed by atoms with E-state index in [1.807, 2.05) is 0 Å². The van der Waals surface area contributed by atoms with Crippen molar-refractivity contribution in [2.45, 2.75) is 13.8 Å². The average Bonchev–Trinajstić information content (AvgIpc) is 2.82. The van der Waals surface area contributed by atoms with Crippen molar-refractivity contribution in [1.29, 1.82) is 0 Å². The molecule has 0 saturated heterocycles. The molecule has 0 bridgehead atoms. The van der Waals surface area contributed by atoms with Gasteiger partial charge in [-0.25, -0.2) is 0 Å². The van der Waals surface area contributed by atoms with Gasteiger partial charge in [-0.15, -0.1) is 0 Å². The van der Waals surface area contributed by atoms with Gasteiger partial charge in [-0.2, -0.15) is 15.1 Å².